The van der Waals surface area contributed by atoms with E-state index in [1.807, 2.05) is 79.3 Å². The van der Waals surface area contributed by atoms with Crippen LogP contribution in [0.5, 0.6) is 5.75 Å². The second kappa shape index (κ2) is 10.7. The number of ether oxygens (including phenoxy) is 1. The molecule has 2 N–H and O–H groups in total. The molecule has 35 heavy (non-hydrogen) atoms. The Hall–Kier alpha value is -3.68. The van der Waals surface area contributed by atoms with Crippen LogP contribution in [0.4, 0.5) is 0 Å². The minimum absolute atomic E-state index is 0.468. The Morgan fingerprint density at radius 2 is 1.77 bits per heavy atom. The highest BCUT2D eigenvalue weighted by Crippen LogP contribution is 2.32. The Balaban J connectivity index is 1.26. The third-order valence-electron chi connectivity index (χ3n) is 6.70. The number of nitrogens with one attached hydrogen (secondary N) is 1. The van der Waals surface area contributed by atoms with E-state index in [-0.39, 0.29) is 0 Å². The number of piperazine rings is 1. The number of pyridine rings is 1. The molecule has 0 bridgehead atoms. The van der Waals surface area contributed by atoms with E-state index in [9.17, 15) is 9.90 Å². The molecule has 0 radical (unpaired) electrons. The molecule has 1 aliphatic heterocycles. The van der Waals surface area contributed by atoms with Crippen molar-refractivity contribution in [3.8, 4) is 5.75 Å². The molecule has 4 aromatic rings. The monoisotopic (exact) mass is 470 g/mol. The van der Waals surface area contributed by atoms with Crippen LogP contribution < -0.4 is 4.74 Å². The summed E-state index contributed by atoms with van der Waals surface area (Å²) in [5, 5.41) is 11.1. The van der Waals surface area contributed by atoms with E-state index in [4.69, 9.17) is 4.74 Å². The highest BCUT2D eigenvalue weighted by molar-refractivity contribution is 5.90. The van der Waals surface area contributed by atoms with Crippen molar-refractivity contribution >= 4 is 16.9 Å². The normalized spacial score (nSPS) is 15.8. The summed E-state index contributed by atoms with van der Waals surface area (Å²) in [6.07, 6.45) is 6.45. The topological polar surface area (TPSA) is 81.7 Å². The van der Waals surface area contributed by atoms with E-state index in [0.29, 0.717) is 19.7 Å². The summed E-state index contributed by atoms with van der Waals surface area (Å²) in [4.78, 5) is 24.2. The van der Waals surface area contributed by atoms with Crippen LogP contribution in [-0.4, -0.2) is 63.6 Å². The Kier molecular flexibility index (Phi) is 7.07. The van der Waals surface area contributed by atoms with E-state index >= 15 is 0 Å². The van der Waals surface area contributed by atoms with Gasteiger partial charge >= 0.3 is 5.97 Å². The van der Waals surface area contributed by atoms with Crippen molar-refractivity contribution in [3.05, 3.63) is 95.9 Å². The van der Waals surface area contributed by atoms with E-state index in [1.165, 1.54) is 5.56 Å². The van der Waals surface area contributed by atoms with Gasteiger partial charge in [0.2, 0.25) is 0 Å². The van der Waals surface area contributed by atoms with Crippen LogP contribution in [0.2, 0.25) is 0 Å². The van der Waals surface area contributed by atoms with E-state index < -0.39 is 12.0 Å². The number of rotatable bonds is 9. The van der Waals surface area contributed by atoms with Crippen LogP contribution in [0.3, 0.4) is 0 Å². The number of carboxylic acids is 1. The predicted octanol–water partition coefficient (Wildman–Crippen LogP) is 4.13. The molecular weight excluding hydrogens is 440 g/mol. The third kappa shape index (κ3) is 5.53. The molecule has 1 atom stereocenters. The summed E-state index contributed by atoms with van der Waals surface area (Å²) in [7, 11) is 0. The molecule has 0 saturated carbocycles. The largest absolute Gasteiger partial charge is 0.489 e. The number of aromatic amines is 1. The standard InChI is InChI=1S/C28H30N4O3/c33-28(34)27(32-16-14-31(15-17-32)13-10-21-8-11-29-12-9-21)25-19-30-26-7-6-23(18-24(25)26)35-20-22-4-2-1-3-5-22/h1-9,11-12,18-19,27,30H,10,13-17,20H2,(H,33,34)/t27-/m1/s1. The van der Waals surface area contributed by atoms with Gasteiger partial charge in [-0.15, -0.1) is 0 Å². The second-order valence-corrected chi connectivity index (χ2v) is 8.95. The molecule has 1 aliphatic rings. The first-order chi connectivity index (χ1) is 17.2. The third-order valence-corrected chi connectivity index (χ3v) is 6.70. The van der Waals surface area contributed by atoms with Gasteiger partial charge in [-0.2, -0.15) is 0 Å². The first kappa shape index (κ1) is 23.1. The first-order valence-electron chi connectivity index (χ1n) is 12.0. The van der Waals surface area contributed by atoms with Gasteiger partial charge in [0.15, 0.2) is 0 Å². The first-order valence-corrected chi connectivity index (χ1v) is 12.0. The SMILES string of the molecule is O=C(O)[C@@H](c1c[nH]c2ccc(OCc3ccccc3)cc12)N1CCN(CCc2ccncc2)CC1. The van der Waals surface area contributed by atoms with Crippen molar-refractivity contribution < 1.29 is 14.6 Å². The smallest absolute Gasteiger partial charge is 0.325 e. The van der Waals surface area contributed by atoms with Crippen molar-refractivity contribution in [1.82, 2.24) is 19.8 Å². The van der Waals surface area contributed by atoms with Gasteiger partial charge in [0.05, 0.1) is 0 Å². The lowest BCUT2D eigenvalue weighted by Gasteiger charge is -2.37. The number of nitrogens with zero attached hydrogens (tertiary/aromatic N) is 3. The van der Waals surface area contributed by atoms with Gasteiger partial charge in [0.25, 0.3) is 0 Å². The van der Waals surface area contributed by atoms with Crippen LogP contribution >= 0.6 is 0 Å². The lowest BCUT2D eigenvalue weighted by molar-refractivity contribution is -0.144. The van der Waals surface area contributed by atoms with Crippen molar-refractivity contribution in [2.24, 2.45) is 0 Å². The summed E-state index contributed by atoms with van der Waals surface area (Å²) < 4.78 is 6.00. The summed E-state index contributed by atoms with van der Waals surface area (Å²) >= 11 is 0. The van der Waals surface area contributed by atoms with Crippen molar-refractivity contribution in [2.45, 2.75) is 19.1 Å². The molecule has 180 valence electrons. The van der Waals surface area contributed by atoms with E-state index in [2.05, 4.69) is 19.8 Å². The summed E-state index contributed by atoms with van der Waals surface area (Å²) in [5.41, 5.74) is 4.05. The number of fused-ring (bicyclic) bond motifs is 1. The molecule has 7 heteroatoms. The Bertz CT molecular complexity index is 1250. The van der Waals surface area contributed by atoms with Gasteiger partial charge < -0.3 is 19.7 Å². The fourth-order valence-electron chi connectivity index (χ4n) is 4.75. The minimum atomic E-state index is -0.827. The zero-order valence-corrected chi connectivity index (χ0v) is 19.6. The predicted molar refractivity (Wildman–Crippen MR) is 135 cm³/mol. The van der Waals surface area contributed by atoms with E-state index in [0.717, 1.165) is 53.8 Å². The fourth-order valence-corrected chi connectivity index (χ4v) is 4.75. The number of carbonyl (C=O) groups is 1. The summed E-state index contributed by atoms with van der Waals surface area (Å²) in [6, 6.07) is 19.2. The lowest BCUT2D eigenvalue weighted by atomic mass is 10.0. The van der Waals surface area contributed by atoms with Crippen LogP contribution in [-0.2, 0) is 17.8 Å². The van der Waals surface area contributed by atoms with Gasteiger partial charge in [0, 0.05) is 67.8 Å². The number of aliphatic carboxylic acids is 1. The van der Waals surface area contributed by atoms with Crippen LogP contribution in [0.15, 0.2) is 79.3 Å². The molecule has 2 aromatic heterocycles. The number of carboxylic acid groups (broad SMARTS) is 1. The quantitative estimate of drug-likeness (QED) is 0.383. The maximum atomic E-state index is 12.4. The van der Waals surface area contributed by atoms with Crippen molar-refractivity contribution in [3.63, 3.8) is 0 Å². The van der Waals surface area contributed by atoms with E-state index in [1.54, 1.807) is 0 Å². The van der Waals surface area contributed by atoms with Gasteiger partial charge in [-0.3, -0.25) is 14.7 Å². The Morgan fingerprint density at radius 1 is 1.00 bits per heavy atom. The molecule has 1 saturated heterocycles. The molecular formula is C28H30N4O3. The molecule has 0 spiro atoms. The molecule has 5 rings (SSSR count). The molecule has 7 nitrogen and oxygen atoms in total. The van der Waals surface area contributed by atoms with Gasteiger partial charge in [-0.05, 0) is 47.9 Å². The molecule has 3 heterocycles. The zero-order valence-electron chi connectivity index (χ0n) is 19.6. The molecule has 0 unspecified atom stereocenters. The molecule has 1 fully saturated rings. The van der Waals surface area contributed by atoms with Gasteiger partial charge in [-0.25, -0.2) is 0 Å². The Labute approximate surface area is 205 Å². The highest BCUT2D eigenvalue weighted by atomic mass is 16.5. The number of hydrogen-bond donors (Lipinski definition) is 2. The Morgan fingerprint density at radius 3 is 2.51 bits per heavy atom. The summed E-state index contributed by atoms with van der Waals surface area (Å²) in [5.74, 6) is -0.0981. The molecule has 2 aromatic carbocycles. The summed E-state index contributed by atoms with van der Waals surface area (Å²) in [6.45, 7) is 4.56. The highest BCUT2D eigenvalue weighted by Gasteiger charge is 2.32. The maximum Gasteiger partial charge on any atom is 0.325 e. The van der Waals surface area contributed by atoms with Crippen LogP contribution in [0.1, 0.15) is 22.7 Å². The molecule has 0 aliphatic carbocycles. The minimum Gasteiger partial charge on any atom is -0.489 e. The zero-order chi connectivity index (χ0) is 24.0. The van der Waals surface area contributed by atoms with Crippen LogP contribution in [0, 0.1) is 0 Å². The molecule has 0 amide bonds. The number of aromatic nitrogens is 2. The average molecular weight is 471 g/mol. The second-order valence-electron chi connectivity index (χ2n) is 8.95. The fraction of sp³-hybridized carbons (Fsp3) is 0.286. The average Bonchev–Trinajstić information content (AvgIpc) is 3.31. The van der Waals surface area contributed by atoms with Crippen molar-refractivity contribution in [1.29, 1.82) is 0 Å². The van der Waals surface area contributed by atoms with Gasteiger partial charge in [-0.1, -0.05) is 30.3 Å². The number of H-pyrrole nitrogens is 1. The van der Waals surface area contributed by atoms with Crippen LogP contribution in [0.25, 0.3) is 10.9 Å². The maximum absolute atomic E-state index is 12.4. The lowest BCUT2D eigenvalue weighted by Crippen LogP contribution is -2.49. The number of benzene rings is 2. The van der Waals surface area contributed by atoms with Crippen molar-refractivity contribution in [2.75, 3.05) is 32.7 Å². The van der Waals surface area contributed by atoms with Gasteiger partial charge in [0.1, 0.15) is 18.4 Å². The number of hydrogen-bond acceptors (Lipinski definition) is 5.